The van der Waals surface area contributed by atoms with Gasteiger partial charge in [-0.25, -0.2) is 4.79 Å². The third-order valence-corrected chi connectivity index (χ3v) is 9.44. The van der Waals surface area contributed by atoms with Gasteiger partial charge in [0.2, 0.25) is 0 Å². The van der Waals surface area contributed by atoms with Crippen LogP contribution in [-0.2, 0) is 4.74 Å². The van der Waals surface area contributed by atoms with E-state index in [1.54, 1.807) is 0 Å². The number of carboxylic acid groups (broad SMARTS) is 1. The normalized spacial score (nSPS) is 12.3. The minimum absolute atomic E-state index is 0.104. The van der Waals surface area contributed by atoms with Gasteiger partial charge in [-0.3, -0.25) is 0 Å². The average molecular weight is 621 g/mol. The molecule has 1 atom stereocenters. The lowest BCUT2D eigenvalue weighted by molar-refractivity contribution is 0.0422. The smallest absolute Gasteiger partial charge is 0.450 e. The third kappa shape index (κ3) is 37.2. The Morgan fingerprint density at radius 2 is 0.682 bits per heavy atom. The number of hydrogen-bond donors (Lipinski definition) is 1. The van der Waals surface area contributed by atoms with Crippen molar-refractivity contribution in [1.29, 1.82) is 0 Å². The molecule has 0 aliphatic carbocycles. The van der Waals surface area contributed by atoms with Crippen molar-refractivity contribution in [1.82, 2.24) is 0 Å². The van der Waals surface area contributed by atoms with Crippen LogP contribution in [0, 0.1) is 0 Å². The van der Waals surface area contributed by atoms with Crippen molar-refractivity contribution in [2.75, 3.05) is 0 Å². The van der Waals surface area contributed by atoms with Crippen molar-refractivity contribution in [3.8, 4) is 0 Å². The van der Waals surface area contributed by atoms with Gasteiger partial charge in [0, 0.05) is 0 Å². The Kier molecular flexibility index (Phi) is 37.3. The van der Waals surface area contributed by atoms with Crippen LogP contribution in [-0.4, -0.2) is 17.4 Å². The molecule has 0 rings (SSSR count). The Labute approximate surface area is 277 Å². The first kappa shape index (κ1) is 43.0. The minimum atomic E-state index is -1.10. The summed E-state index contributed by atoms with van der Waals surface area (Å²) in [5, 5.41) is 9.15. The summed E-state index contributed by atoms with van der Waals surface area (Å²) in [6.07, 6.45) is 49.9. The maximum Gasteiger partial charge on any atom is 0.506 e. The van der Waals surface area contributed by atoms with Crippen LogP contribution in [0.2, 0.25) is 0 Å². The fraction of sp³-hybridized carbons (Fsp3) is 0.927. The number of rotatable bonds is 37. The summed E-state index contributed by atoms with van der Waals surface area (Å²) in [5.74, 6) is 0. The SMILES string of the molecule is CCCCCCCCC=CCCCCCCCC(CCCCCCCCCCCCCCCCCCCCCC)OC(=O)O. The molecule has 0 heterocycles. The molecule has 0 bridgehead atoms. The summed E-state index contributed by atoms with van der Waals surface area (Å²) in [6.45, 7) is 4.57. The van der Waals surface area contributed by atoms with E-state index < -0.39 is 6.16 Å². The van der Waals surface area contributed by atoms with Crippen molar-refractivity contribution < 1.29 is 14.6 Å². The van der Waals surface area contributed by atoms with Crippen LogP contribution in [0.3, 0.4) is 0 Å². The third-order valence-electron chi connectivity index (χ3n) is 9.44. The lowest BCUT2D eigenvalue weighted by Gasteiger charge is -2.16. The molecule has 0 aromatic heterocycles. The van der Waals surface area contributed by atoms with Gasteiger partial charge in [-0.2, -0.15) is 0 Å². The van der Waals surface area contributed by atoms with E-state index in [1.807, 2.05) is 0 Å². The second-order valence-corrected chi connectivity index (χ2v) is 13.9. The highest BCUT2D eigenvalue weighted by Gasteiger charge is 2.13. The zero-order chi connectivity index (χ0) is 32.0. The molecule has 262 valence electrons. The number of ether oxygens (including phenoxy) is 1. The minimum Gasteiger partial charge on any atom is -0.450 e. The standard InChI is InChI=1S/C41H80O3/c1-3-5-7-9-11-13-15-17-19-20-21-22-23-25-27-29-31-33-35-37-39-40(44-41(42)43)38-36-34-32-30-28-26-24-18-16-14-12-10-8-6-4-2/h18,24,40H,3-17,19-23,25-39H2,1-2H3,(H,42,43). The first-order valence-corrected chi connectivity index (χ1v) is 20.2. The summed E-state index contributed by atoms with van der Waals surface area (Å²) in [7, 11) is 0. The van der Waals surface area contributed by atoms with E-state index in [9.17, 15) is 4.79 Å². The Hall–Kier alpha value is -0.990. The lowest BCUT2D eigenvalue weighted by Crippen LogP contribution is -2.16. The molecule has 1 N–H and O–H groups in total. The first-order valence-electron chi connectivity index (χ1n) is 20.2. The summed E-state index contributed by atoms with van der Waals surface area (Å²) >= 11 is 0. The van der Waals surface area contributed by atoms with Gasteiger partial charge in [0.05, 0.1) is 0 Å². The molecule has 0 saturated carbocycles. The Morgan fingerprint density at radius 1 is 0.432 bits per heavy atom. The topological polar surface area (TPSA) is 46.5 Å². The predicted octanol–water partition coefficient (Wildman–Crippen LogP) is 15.3. The largest absolute Gasteiger partial charge is 0.506 e. The number of unbranched alkanes of at least 4 members (excludes halogenated alkanes) is 30. The fourth-order valence-corrected chi connectivity index (χ4v) is 6.47. The summed E-state index contributed by atoms with van der Waals surface area (Å²) in [6, 6.07) is 0. The van der Waals surface area contributed by atoms with E-state index in [-0.39, 0.29) is 6.10 Å². The summed E-state index contributed by atoms with van der Waals surface area (Å²) in [5.41, 5.74) is 0. The van der Waals surface area contributed by atoms with E-state index in [2.05, 4.69) is 26.0 Å². The molecular formula is C41H80O3. The second-order valence-electron chi connectivity index (χ2n) is 13.9. The molecule has 3 nitrogen and oxygen atoms in total. The van der Waals surface area contributed by atoms with Crippen molar-refractivity contribution >= 4 is 6.16 Å². The van der Waals surface area contributed by atoms with Crippen molar-refractivity contribution in [2.24, 2.45) is 0 Å². The van der Waals surface area contributed by atoms with Gasteiger partial charge < -0.3 is 9.84 Å². The van der Waals surface area contributed by atoms with Gasteiger partial charge in [0.25, 0.3) is 0 Å². The van der Waals surface area contributed by atoms with Crippen LogP contribution in [0.25, 0.3) is 0 Å². The van der Waals surface area contributed by atoms with E-state index in [4.69, 9.17) is 9.84 Å². The van der Waals surface area contributed by atoms with Gasteiger partial charge in [0.15, 0.2) is 0 Å². The van der Waals surface area contributed by atoms with Crippen LogP contribution >= 0.6 is 0 Å². The molecule has 44 heavy (non-hydrogen) atoms. The molecule has 0 amide bonds. The van der Waals surface area contributed by atoms with Crippen LogP contribution in [0.4, 0.5) is 4.79 Å². The molecule has 0 spiro atoms. The number of hydrogen-bond acceptors (Lipinski definition) is 2. The molecule has 0 aromatic rings. The van der Waals surface area contributed by atoms with E-state index in [0.717, 1.165) is 25.7 Å². The number of allylic oxidation sites excluding steroid dienone is 2. The van der Waals surface area contributed by atoms with Crippen molar-refractivity contribution in [3.63, 3.8) is 0 Å². The Morgan fingerprint density at radius 3 is 0.955 bits per heavy atom. The second kappa shape index (κ2) is 38.2. The molecule has 1 unspecified atom stereocenters. The quantitative estimate of drug-likeness (QED) is 0.0427. The molecular weight excluding hydrogens is 540 g/mol. The maximum atomic E-state index is 11.2. The average Bonchev–Trinajstić information content (AvgIpc) is 3.01. The fourth-order valence-electron chi connectivity index (χ4n) is 6.47. The van der Waals surface area contributed by atoms with E-state index in [0.29, 0.717) is 0 Å². The highest BCUT2D eigenvalue weighted by atomic mass is 16.7. The molecule has 0 radical (unpaired) electrons. The Bertz CT molecular complexity index is 572. The highest BCUT2D eigenvalue weighted by Crippen LogP contribution is 2.18. The monoisotopic (exact) mass is 621 g/mol. The van der Waals surface area contributed by atoms with Gasteiger partial charge in [-0.15, -0.1) is 0 Å². The summed E-state index contributed by atoms with van der Waals surface area (Å²) < 4.78 is 5.22. The molecule has 0 fully saturated rings. The van der Waals surface area contributed by atoms with Crippen LogP contribution in [0.1, 0.15) is 239 Å². The van der Waals surface area contributed by atoms with Crippen LogP contribution < -0.4 is 0 Å². The van der Waals surface area contributed by atoms with Gasteiger partial charge in [-0.1, -0.05) is 199 Å². The zero-order valence-corrected chi connectivity index (χ0v) is 30.2. The molecule has 0 aromatic carbocycles. The lowest BCUT2D eigenvalue weighted by atomic mass is 10.0. The zero-order valence-electron chi connectivity index (χ0n) is 30.2. The van der Waals surface area contributed by atoms with Crippen LogP contribution in [0.15, 0.2) is 12.2 Å². The molecule has 3 heteroatoms. The molecule has 0 aliphatic heterocycles. The molecule has 0 aliphatic rings. The number of carbonyl (C=O) groups is 1. The molecule has 0 saturated heterocycles. The van der Waals surface area contributed by atoms with E-state index in [1.165, 1.54) is 199 Å². The van der Waals surface area contributed by atoms with Crippen LogP contribution in [0.5, 0.6) is 0 Å². The predicted molar refractivity (Wildman–Crippen MR) is 195 cm³/mol. The maximum absolute atomic E-state index is 11.2. The van der Waals surface area contributed by atoms with Crippen molar-refractivity contribution in [2.45, 2.75) is 245 Å². The Balaban J connectivity index is 3.48. The highest BCUT2D eigenvalue weighted by molar-refractivity contribution is 5.57. The van der Waals surface area contributed by atoms with E-state index >= 15 is 0 Å². The van der Waals surface area contributed by atoms with Gasteiger partial charge >= 0.3 is 6.16 Å². The first-order chi connectivity index (χ1) is 21.7. The summed E-state index contributed by atoms with van der Waals surface area (Å²) in [4.78, 5) is 11.2. The van der Waals surface area contributed by atoms with Gasteiger partial charge in [0.1, 0.15) is 6.10 Å². The van der Waals surface area contributed by atoms with Crippen molar-refractivity contribution in [3.05, 3.63) is 12.2 Å². The van der Waals surface area contributed by atoms with Gasteiger partial charge in [-0.05, 0) is 51.4 Å².